The van der Waals surface area contributed by atoms with Crippen LogP contribution in [0.5, 0.6) is 0 Å². The Morgan fingerprint density at radius 3 is 2.14 bits per heavy atom. The predicted octanol–water partition coefficient (Wildman–Crippen LogP) is 1.92. The molecule has 6 heteroatoms. The first-order chi connectivity index (χ1) is 6.50. The number of hydrogen-bond donors (Lipinski definition) is 0. The van der Waals surface area contributed by atoms with Crippen LogP contribution in [0.1, 0.15) is 5.56 Å². The molecular weight excluding hydrogens is 199 g/mol. The van der Waals surface area contributed by atoms with Gasteiger partial charge in [0, 0.05) is 11.3 Å². The van der Waals surface area contributed by atoms with Crippen LogP contribution >= 0.6 is 0 Å². The Morgan fingerprint density at radius 2 is 1.71 bits per heavy atom. The molecule has 0 radical (unpaired) electrons. The largest absolute Gasteiger partial charge is 0.265 e. The SMILES string of the molecule is O=[N+]([O-])CCc1cc(F)c(F)c(F)c1. The minimum atomic E-state index is -1.56. The Balaban J connectivity index is 2.84. The highest BCUT2D eigenvalue weighted by atomic mass is 19.2. The van der Waals surface area contributed by atoms with Crippen molar-refractivity contribution >= 4 is 0 Å². The van der Waals surface area contributed by atoms with E-state index >= 15 is 0 Å². The standard InChI is InChI=1S/C8H6F3NO2/c9-6-3-5(1-2-12(13)14)4-7(10)8(6)11/h3-4H,1-2H2. The zero-order valence-electron chi connectivity index (χ0n) is 6.97. The van der Waals surface area contributed by atoms with Gasteiger partial charge in [0.25, 0.3) is 0 Å². The van der Waals surface area contributed by atoms with Crippen molar-refractivity contribution < 1.29 is 18.1 Å². The average Bonchev–Trinajstić information content (AvgIpc) is 2.10. The van der Waals surface area contributed by atoms with Gasteiger partial charge in [0.15, 0.2) is 17.5 Å². The molecule has 0 saturated carbocycles. The molecule has 0 aliphatic carbocycles. The molecule has 0 aromatic heterocycles. The summed E-state index contributed by atoms with van der Waals surface area (Å²) in [7, 11) is 0. The van der Waals surface area contributed by atoms with E-state index < -0.39 is 28.9 Å². The van der Waals surface area contributed by atoms with Crippen LogP contribution in [0.4, 0.5) is 13.2 Å². The number of nitrogens with zero attached hydrogens (tertiary/aromatic N) is 1. The van der Waals surface area contributed by atoms with E-state index in [2.05, 4.69) is 0 Å². The molecule has 0 aliphatic rings. The maximum Gasteiger partial charge on any atom is 0.207 e. The van der Waals surface area contributed by atoms with Crippen molar-refractivity contribution in [1.29, 1.82) is 0 Å². The molecular formula is C8H6F3NO2. The lowest BCUT2D eigenvalue weighted by Crippen LogP contribution is -2.05. The zero-order valence-corrected chi connectivity index (χ0v) is 6.97. The minimum Gasteiger partial charge on any atom is -0.265 e. The molecule has 0 spiro atoms. The maximum absolute atomic E-state index is 12.6. The van der Waals surface area contributed by atoms with Crippen molar-refractivity contribution in [3.63, 3.8) is 0 Å². The van der Waals surface area contributed by atoms with Gasteiger partial charge in [-0.05, 0) is 17.7 Å². The van der Waals surface area contributed by atoms with Gasteiger partial charge in [-0.15, -0.1) is 0 Å². The topological polar surface area (TPSA) is 43.1 Å². The summed E-state index contributed by atoms with van der Waals surface area (Å²) in [6.07, 6.45) is -0.124. The third kappa shape index (κ3) is 2.45. The van der Waals surface area contributed by atoms with E-state index in [4.69, 9.17) is 0 Å². The Morgan fingerprint density at radius 1 is 1.21 bits per heavy atom. The van der Waals surface area contributed by atoms with Crippen molar-refractivity contribution in [2.75, 3.05) is 6.54 Å². The molecule has 0 saturated heterocycles. The molecule has 0 bridgehead atoms. The lowest BCUT2D eigenvalue weighted by molar-refractivity contribution is -0.479. The fourth-order valence-corrected chi connectivity index (χ4v) is 0.973. The predicted molar refractivity (Wildman–Crippen MR) is 41.9 cm³/mol. The van der Waals surface area contributed by atoms with E-state index in [0.29, 0.717) is 0 Å². The van der Waals surface area contributed by atoms with Crippen LogP contribution in [0.3, 0.4) is 0 Å². The normalized spacial score (nSPS) is 10.2. The van der Waals surface area contributed by atoms with Crippen molar-refractivity contribution in [3.05, 3.63) is 45.3 Å². The Hall–Kier alpha value is -1.59. The van der Waals surface area contributed by atoms with Crippen molar-refractivity contribution in [1.82, 2.24) is 0 Å². The highest BCUT2D eigenvalue weighted by Crippen LogP contribution is 2.13. The van der Waals surface area contributed by atoms with Crippen LogP contribution in [0, 0.1) is 27.6 Å². The zero-order chi connectivity index (χ0) is 10.7. The summed E-state index contributed by atoms with van der Waals surface area (Å²) >= 11 is 0. The van der Waals surface area contributed by atoms with E-state index in [-0.39, 0.29) is 12.0 Å². The van der Waals surface area contributed by atoms with E-state index in [1.54, 1.807) is 0 Å². The fourth-order valence-electron chi connectivity index (χ4n) is 0.973. The summed E-state index contributed by atoms with van der Waals surface area (Å²) in [4.78, 5) is 9.34. The molecule has 0 fully saturated rings. The highest BCUT2D eigenvalue weighted by Gasteiger charge is 2.11. The van der Waals surface area contributed by atoms with Crippen LogP contribution in [0.15, 0.2) is 12.1 Å². The molecule has 0 unspecified atom stereocenters. The second-order valence-corrected chi connectivity index (χ2v) is 2.68. The number of benzene rings is 1. The summed E-state index contributed by atoms with van der Waals surface area (Å²) in [6.45, 7) is -0.440. The van der Waals surface area contributed by atoms with Crippen molar-refractivity contribution in [2.24, 2.45) is 0 Å². The summed E-state index contributed by atoms with van der Waals surface area (Å²) in [6, 6.07) is 1.50. The van der Waals surface area contributed by atoms with Gasteiger partial charge < -0.3 is 0 Å². The van der Waals surface area contributed by atoms with Gasteiger partial charge >= 0.3 is 0 Å². The molecule has 76 valence electrons. The quantitative estimate of drug-likeness (QED) is 0.429. The summed E-state index contributed by atoms with van der Waals surface area (Å²) in [5.41, 5.74) is 0.0677. The van der Waals surface area contributed by atoms with E-state index in [1.807, 2.05) is 0 Å². The Bertz CT molecular complexity index is 345. The molecule has 1 aromatic rings. The maximum atomic E-state index is 12.6. The third-order valence-corrected chi connectivity index (χ3v) is 1.63. The summed E-state index contributed by atoms with van der Waals surface area (Å²) < 4.78 is 37.6. The van der Waals surface area contributed by atoms with Crippen LogP contribution < -0.4 is 0 Å². The second kappa shape index (κ2) is 4.08. The summed E-state index contributed by atoms with van der Waals surface area (Å²) in [5, 5.41) is 9.95. The van der Waals surface area contributed by atoms with Gasteiger partial charge in [-0.3, -0.25) is 10.1 Å². The fraction of sp³-hybridized carbons (Fsp3) is 0.250. The molecule has 0 heterocycles. The van der Waals surface area contributed by atoms with Gasteiger partial charge in [-0.25, -0.2) is 13.2 Å². The van der Waals surface area contributed by atoms with Gasteiger partial charge in [0.05, 0.1) is 0 Å². The van der Waals surface area contributed by atoms with Gasteiger partial charge in [0.2, 0.25) is 6.54 Å². The highest BCUT2D eigenvalue weighted by molar-refractivity contribution is 5.19. The van der Waals surface area contributed by atoms with Gasteiger partial charge in [-0.2, -0.15) is 0 Å². The number of hydrogen-bond acceptors (Lipinski definition) is 2. The first kappa shape index (κ1) is 10.5. The molecule has 0 atom stereocenters. The molecule has 1 rings (SSSR count). The lowest BCUT2D eigenvalue weighted by Gasteiger charge is -2.00. The van der Waals surface area contributed by atoms with E-state index in [1.165, 1.54) is 0 Å². The number of halogens is 3. The first-order valence-corrected chi connectivity index (χ1v) is 3.76. The third-order valence-electron chi connectivity index (χ3n) is 1.63. The first-order valence-electron chi connectivity index (χ1n) is 3.76. The van der Waals surface area contributed by atoms with E-state index in [9.17, 15) is 23.3 Å². The van der Waals surface area contributed by atoms with Gasteiger partial charge in [0.1, 0.15) is 0 Å². The summed E-state index contributed by atoms with van der Waals surface area (Å²) in [5.74, 6) is -4.22. The monoisotopic (exact) mass is 205 g/mol. The van der Waals surface area contributed by atoms with Crippen LogP contribution in [0.2, 0.25) is 0 Å². The minimum absolute atomic E-state index is 0.0677. The molecule has 1 aromatic carbocycles. The van der Waals surface area contributed by atoms with Crippen molar-refractivity contribution in [2.45, 2.75) is 6.42 Å². The van der Waals surface area contributed by atoms with Crippen LogP contribution in [-0.2, 0) is 6.42 Å². The smallest absolute Gasteiger partial charge is 0.207 e. The van der Waals surface area contributed by atoms with Crippen molar-refractivity contribution in [3.8, 4) is 0 Å². The Kier molecular flexibility index (Phi) is 3.06. The molecule has 3 nitrogen and oxygen atoms in total. The second-order valence-electron chi connectivity index (χ2n) is 2.68. The lowest BCUT2D eigenvalue weighted by atomic mass is 10.1. The molecule has 0 N–H and O–H groups in total. The number of rotatable bonds is 3. The number of nitro groups is 1. The molecule has 0 aliphatic heterocycles. The molecule has 0 amide bonds. The molecule has 14 heavy (non-hydrogen) atoms. The van der Waals surface area contributed by atoms with Gasteiger partial charge in [-0.1, -0.05) is 0 Å². The Labute approximate surface area is 77.3 Å². The van der Waals surface area contributed by atoms with Crippen LogP contribution in [-0.4, -0.2) is 11.5 Å². The van der Waals surface area contributed by atoms with E-state index in [0.717, 1.165) is 12.1 Å². The average molecular weight is 205 g/mol. The van der Waals surface area contributed by atoms with Crippen LogP contribution in [0.25, 0.3) is 0 Å².